The van der Waals surface area contributed by atoms with Gasteiger partial charge in [-0.05, 0) is 24.3 Å². The van der Waals surface area contributed by atoms with Gasteiger partial charge < -0.3 is 9.47 Å². The van der Waals surface area contributed by atoms with Crippen molar-refractivity contribution in [1.29, 1.82) is 0 Å². The molecule has 0 fully saturated rings. The minimum absolute atomic E-state index is 0.140. The Hall–Kier alpha value is -3.41. The van der Waals surface area contributed by atoms with Gasteiger partial charge in [0.05, 0.1) is 18.9 Å². The van der Waals surface area contributed by atoms with Crippen LogP contribution in [0.1, 0.15) is 16.8 Å². The molecule has 1 aromatic heterocycles. The van der Waals surface area contributed by atoms with Crippen LogP contribution < -0.4 is 15.0 Å². The van der Waals surface area contributed by atoms with Crippen LogP contribution in [0, 0.1) is 0 Å². The molecule has 0 atom stereocenters. The standard InChI is InChI=1S/C21H18N2O4/c24-18(16-7-9-19-20(13-16)27-12-4-11-26-19)14-23-21(25)10-8-17(22-23)15-5-2-1-3-6-15/h1-3,5-10,13H,4,11-12,14H2. The number of hydrogen-bond donors (Lipinski definition) is 0. The molecule has 0 bridgehead atoms. The van der Waals surface area contributed by atoms with E-state index in [0.717, 1.165) is 12.0 Å². The minimum atomic E-state index is -0.322. The number of benzene rings is 2. The van der Waals surface area contributed by atoms with Crippen molar-refractivity contribution in [3.63, 3.8) is 0 Å². The van der Waals surface area contributed by atoms with E-state index in [2.05, 4.69) is 5.10 Å². The summed E-state index contributed by atoms with van der Waals surface area (Å²) in [6.45, 7) is 0.996. The molecular formula is C21H18N2O4. The van der Waals surface area contributed by atoms with Crippen molar-refractivity contribution < 1.29 is 14.3 Å². The van der Waals surface area contributed by atoms with E-state index in [9.17, 15) is 9.59 Å². The predicted molar refractivity (Wildman–Crippen MR) is 100 cm³/mol. The number of ketones is 1. The smallest absolute Gasteiger partial charge is 0.267 e. The lowest BCUT2D eigenvalue weighted by Gasteiger charge is -2.10. The Morgan fingerprint density at radius 2 is 1.74 bits per heavy atom. The van der Waals surface area contributed by atoms with Crippen molar-refractivity contribution in [1.82, 2.24) is 9.78 Å². The molecule has 1 aliphatic heterocycles. The summed E-state index contributed by atoms with van der Waals surface area (Å²) in [6.07, 6.45) is 0.795. The van der Waals surface area contributed by atoms with Gasteiger partial charge in [-0.25, -0.2) is 4.68 Å². The molecule has 6 nitrogen and oxygen atoms in total. The maximum Gasteiger partial charge on any atom is 0.267 e. The van der Waals surface area contributed by atoms with Crippen molar-refractivity contribution in [2.75, 3.05) is 13.2 Å². The van der Waals surface area contributed by atoms with Crippen LogP contribution in [0.3, 0.4) is 0 Å². The summed E-state index contributed by atoms with van der Waals surface area (Å²) in [6, 6.07) is 17.7. The molecule has 0 radical (unpaired) electrons. The lowest BCUT2D eigenvalue weighted by Crippen LogP contribution is -2.26. The highest BCUT2D eigenvalue weighted by Gasteiger charge is 2.15. The number of carbonyl (C=O) groups excluding carboxylic acids is 1. The van der Waals surface area contributed by atoms with E-state index in [4.69, 9.17) is 9.47 Å². The van der Waals surface area contributed by atoms with Crippen molar-refractivity contribution in [3.8, 4) is 22.8 Å². The van der Waals surface area contributed by atoms with Crippen LogP contribution in [-0.4, -0.2) is 28.8 Å². The minimum Gasteiger partial charge on any atom is -0.490 e. The maximum absolute atomic E-state index is 12.7. The zero-order valence-corrected chi connectivity index (χ0v) is 14.6. The van der Waals surface area contributed by atoms with Gasteiger partial charge in [-0.15, -0.1) is 0 Å². The van der Waals surface area contributed by atoms with Gasteiger partial charge in [0, 0.05) is 23.6 Å². The third kappa shape index (κ3) is 3.74. The van der Waals surface area contributed by atoms with Crippen molar-refractivity contribution in [2.45, 2.75) is 13.0 Å². The van der Waals surface area contributed by atoms with Crippen molar-refractivity contribution in [2.24, 2.45) is 0 Å². The highest BCUT2D eigenvalue weighted by Crippen LogP contribution is 2.30. The Morgan fingerprint density at radius 1 is 0.963 bits per heavy atom. The SMILES string of the molecule is O=C(Cn1nc(-c2ccccc2)ccc1=O)c1ccc2c(c1)OCCCO2. The number of ether oxygens (including phenoxy) is 2. The second kappa shape index (κ2) is 7.45. The quantitative estimate of drug-likeness (QED) is 0.668. The van der Waals surface area contributed by atoms with Crippen LogP contribution in [0.15, 0.2) is 65.5 Å². The van der Waals surface area contributed by atoms with Gasteiger partial charge >= 0.3 is 0 Å². The molecule has 0 unspecified atom stereocenters. The average molecular weight is 362 g/mol. The van der Waals surface area contributed by atoms with Crippen molar-refractivity contribution >= 4 is 5.78 Å². The van der Waals surface area contributed by atoms with Crippen LogP contribution in [0.5, 0.6) is 11.5 Å². The Bertz CT molecular complexity index is 1030. The first-order chi connectivity index (χ1) is 13.2. The van der Waals surface area contributed by atoms with Gasteiger partial charge in [-0.2, -0.15) is 5.10 Å². The molecule has 3 aromatic rings. The van der Waals surface area contributed by atoms with Gasteiger partial charge in [0.15, 0.2) is 17.3 Å². The topological polar surface area (TPSA) is 70.4 Å². The number of fused-ring (bicyclic) bond motifs is 1. The summed E-state index contributed by atoms with van der Waals surface area (Å²) in [5, 5.41) is 4.34. The number of hydrogen-bond acceptors (Lipinski definition) is 5. The molecule has 136 valence electrons. The first-order valence-corrected chi connectivity index (χ1v) is 8.77. The number of Topliss-reactive ketones (excluding diaryl/α,β-unsaturated/α-hetero) is 1. The fraction of sp³-hybridized carbons (Fsp3) is 0.190. The van der Waals surface area contributed by atoms with E-state index in [1.165, 1.54) is 10.7 Å². The first kappa shape index (κ1) is 17.0. The molecule has 4 rings (SSSR count). The maximum atomic E-state index is 12.7. The molecule has 0 aliphatic carbocycles. The summed E-state index contributed by atoms with van der Waals surface area (Å²) < 4.78 is 12.4. The molecule has 0 saturated heterocycles. The van der Waals surface area contributed by atoms with E-state index in [1.807, 2.05) is 30.3 Å². The molecule has 2 aromatic carbocycles. The van der Waals surface area contributed by atoms with Gasteiger partial charge in [-0.3, -0.25) is 9.59 Å². The lowest BCUT2D eigenvalue weighted by atomic mass is 10.1. The van der Waals surface area contributed by atoms with Crippen LogP contribution in [0.25, 0.3) is 11.3 Å². The monoisotopic (exact) mass is 362 g/mol. The summed E-state index contributed by atoms with van der Waals surface area (Å²) in [7, 11) is 0. The van der Waals surface area contributed by atoms with Crippen LogP contribution in [-0.2, 0) is 6.54 Å². The van der Waals surface area contributed by atoms with Crippen LogP contribution in [0.2, 0.25) is 0 Å². The number of aromatic nitrogens is 2. The van der Waals surface area contributed by atoms with Gasteiger partial charge in [0.25, 0.3) is 5.56 Å². The molecule has 1 aliphatic rings. The summed E-state index contributed by atoms with van der Waals surface area (Å²) in [5.74, 6) is 0.965. The van der Waals surface area contributed by atoms with Crippen molar-refractivity contribution in [3.05, 3.63) is 76.6 Å². The molecule has 0 amide bonds. The summed E-state index contributed by atoms with van der Waals surface area (Å²) in [5.41, 5.74) is 1.66. The van der Waals surface area contributed by atoms with Gasteiger partial charge in [-0.1, -0.05) is 30.3 Å². The number of rotatable bonds is 4. The zero-order valence-electron chi connectivity index (χ0n) is 14.6. The highest BCUT2D eigenvalue weighted by atomic mass is 16.5. The highest BCUT2D eigenvalue weighted by molar-refractivity contribution is 5.96. The van der Waals surface area contributed by atoms with Gasteiger partial charge in [0.1, 0.15) is 6.54 Å². The van der Waals surface area contributed by atoms with E-state index in [-0.39, 0.29) is 17.9 Å². The third-order valence-electron chi connectivity index (χ3n) is 4.30. The number of nitrogens with zero attached hydrogens (tertiary/aromatic N) is 2. The second-order valence-corrected chi connectivity index (χ2v) is 6.22. The first-order valence-electron chi connectivity index (χ1n) is 8.77. The predicted octanol–water partition coefficient (Wildman–Crippen LogP) is 2.95. The molecule has 6 heteroatoms. The fourth-order valence-corrected chi connectivity index (χ4v) is 2.89. The largest absolute Gasteiger partial charge is 0.490 e. The third-order valence-corrected chi connectivity index (χ3v) is 4.30. The second-order valence-electron chi connectivity index (χ2n) is 6.22. The fourth-order valence-electron chi connectivity index (χ4n) is 2.89. The van der Waals surface area contributed by atoms with E-state index < -0.39 is 0 Å². The molecule has 0 saturated carbocycles. The Labute approximate surface area is 156 Å². The van der Waals surface area contributed by atoms with E-state index in [1.54, 1.807) is 24.3 Å². The molecule has 27 heavy (non-hydrogen) atoms. The normalized spacial score (nSPS) is 13.0. The van der Waals surface area contributed by atoms with E-state index >= 15 is 0 Å². The summed E-state index contributed by atoms with van der Waals surface area (Å²) in [4.78, 5) is 24.8. The van der Waals surface area contributed by atoms with Gasteiger partial charge in [0.2, 0.25) is 0 Å². The van der Waals surface area contributed by atoms with Crippen LogP contribution in [0.4, 0.5) is 0 Å². The average Bonchev–Trinajstić information content (AvgIpc) is 2.95. The summed E-state index contributed by atoms with van der Waals surface area (Å²) >= 11 is 0. The lowest BCUT2D eigenvalue weighted by molar-refractivity contribution is 0.0965. The Morgan fingerprint density at radius 3 is 2.56 bits per heavy atom. The van der Waals surface area contributed by atoms with E-state index in [0.29, 0.717) is 36.0 Å². The number of carbonyl (C=O) groups is 1. The Balaban J connectivity index is 1.60. The molecular weight excluding hydrogens is 344 g/mol. The molecule has 0 spiro atoms. The zero-order chi connectivity index (χ0) is 18.6. The molecule has 2 heterocycles. The van der Waals surface area contributed by atoms with Crippen LogP contribution >= 0.6 is 0 Å². The molecule has 0 N–H and O–H groups in total. The Kier molecular flexibility index (Phi) is 4.70.